The Morgan fingerprint density at radius 3 is 3.00 bits per heavy atom. The summed E-state index contributed by atoms with van der Waals surface area (Å²) >= 11 is 0. The molecule has 0 fully saturated rings. The molecule has 0 saturated heterocycles. The highest BCUT2D eigenvalue weighted by Gasteiger charge is 2.12. The van der Waals surface area contributed by atoms with Crippen molar-refractivity contribution in [1.29, 1.82) is 0 Å². The van der Waals surface area contributed by atoms with Gasteiger partial charge in [-0.25, -0.2) is 0 Å². The molecule has 0 aliphatic carbocycles. The summed E-state index contributed by atoms with van der Waals surface area (Å²) in [5.41, 5.74) is 1.39. The highest BCUT2D eigenvalue weighted by atomic mass is 16.2. The lowest BCUT2D eigenvalue weighted by molar-refractivity contribution is -0.128. The molecule has 2 heteroatoms. The van der Waals surface area contributed by atoms with E-state index in [4.69, 9.17) is 0 Å². The molecule has 0 unspecified atom stereocenters. The van der Waals surface area contributed by atoms with Crippen molar-refractivity contribution in [2.24, 2.45) is 0 Å². The van der Waals surface area contributed by atoms with Crippen LogP contribution in [0.15, 0.2) is 11.6 Å². The van der Waals surface area contributed by atoms with Crippen LogP contribution in [0.3, 0.4) is 0 Å². The van der Waals surface area contributed by atoms with Gasteiger partial charge < -0.3 is 4.90 Å². The van der Waals surface area contributed by atoms with E-state index in [9.17, 15) is 4.79 Å². The van der Waals surface area contributed by atoms with Gasteiger partial charge in [-0.2, -0.15) is 0 Å². The average Bonchev–Trinajstić information content (AvgIpc) is 2.05. The second-order valence-corrected chi connectivity index (χ2v) is 2.95. The maximum Gasteiger partial charge on any atom is 0.219 e. The van der Waals surface area contributed by atoms with Gasteiger partial charge in [0.15, 0.2) is 0 Å². The minimum atomic E-state index is 0.198. The summed E-state index contributed by atoms with van der Waals surface area (Å²) < 4.78 is 0. The lowest BCUT2D eigenvalue weighted by atomic mass is 10.1. The largest absolute Gasteiger partial charge is 0.339 e. The van der Waals surface area contributed by atoms with Crippen molar-refractivity contribution in [2.75, 3.05) is 13.1 Å². The normalized spacial score (nSPS) is 18.0. The molecule has 0 bridgehead atoms. The van der Waals surface area contributed by atoms with Crippen molar-refractivity contribution < 1.29 is 4.79 Å². The van der Waals surface area contributed by atoms with Crippen LogP contribution in [0, 0.1) is 0 Å². The topological polar surface area (TPSA) is 20.3 Å². The zero-order valence-electron chi connectivity index (χ0n) is 7.26. The first-order chi connectivity index (χ1) is 5.24. The monoisotopic (exact) mass is 153 g/mol. The fourth-order valence-electron chi connectivity index (χ4n) is 1.34. The maximum atomic E-state index is 11.0. The number of carbonyl (C=O) groups is 1. The first-order valence-corrected chi connectivity index (χ1v) is 4.17. The van der Waals surface area contributed by atoms with Crippen molar-refractivity contribution in [3.05, 3.63) is 11.6 Å². The predicted molar refractivity (Wildman–Crippen MR) is 45.2 cm³/mol. The minimum Gasteiger partial charge on any atom is -0.339 e. The van der Waals surface area contributed by atoms with Crippen LogP contribution in [0.5, 0.6) is 0 Å². The van der Waals surface area contributed by atoms with Gasteiger partial charge in [0.1, 0.15) is 0 Å². The average molecular weight is 153 g/mol. The minimum absolute atomic E-state index is 0.198. The van der Waals surface area contributed by atoms with E-state index in [1.54, 1.807) is 6.92 Å². The number of hydrogen-bond donors (Lipinski definition) is 0. The fraction of sp³-hybridized carbons (Fsp3) is 0.667. The van der Waals surface area contributed by atoms with E-state index < -0.39 is 0 Å². The fourth-order valence-corrected chi connectivity index (χ4v) is 1.34. The molecule has 0 spiro atoms. The highest BCUT2D eigenvalue weighted by molar-refractivity contribution is 5.73. The molecule has 1 aliphatic rings. The number of nitrogens with zero attached hydrogens (tertiary/aromatic N) is 1. The van der Waals surface area contributed by atoms with Gasteiger partial charge in [0.25, 0.3) is 0 Å². The van der Waals surface area contributed by atoms with Gasteiger partial charge in [-0.15, -0.1) is 0 Å². The summed E-state index contributed by atoms with van der Waals surface area (Å²) in [7, 11) is 0. The third-order valence-corrected chi connectivity index (χ3v) is 2.13. The van der Waals surface area contributed by atoms with Crippen LogP contribution in [0.1, 0.15) is 26.7 Å². The van der Waals surface area contributed by atoms with Crippen LogP contribution in [-0.4, -0.2) is 23.9 Å². The Labute approximate surface area is 67.9 Å². The molecule has 0 atom stereocenters. The predicted octanol–water partition coefficient (Wildman–Crippen LogP) is 1.58. The summed E-state index contributed by atoms with van der Waals surface area (Å²) in [6.45, 7) is 5.53. The lowest BCUT2D eigenvalue weighted by Gasteiger charge is -2.25. The van der Waals surface area contributed by atoms with Gasteiger partial charge in [-0.3, -0.25) is 4.79 Å². The molecule has 0 radical (unpaired) electrons. The summed E-state index contributed by atoms with van der Waals surface area (Å²) in [5, 5.41) is 0. The van der Waals surface area contributed by atoms with E-state index in [1.807, 2.05) is 4.90 Å². The highest BCUT2D eigenvalue weighted by Crippen LogP contribution is 2.11. The third-order valence-electron chi connectivity index (χ3n) is 2.13. The van der Waals surface area contributed by atoms with Crippen molar-refractivity contribution in [2.45, 2.75) is 26.7 Å². The maximum absolute atomic E-state index is 11.0. The Balaban J connectivity index is 2.53. The van der Waals surface area contributed by atoms with E-state index in [-0.39, 0.29) is 5.91 Å². The molecule has 0 aromatic heterocycles. The molecule has 0 N–H and O–H groups in total. The molecule has 11 heavy (non-hydrogen) atoms. The molecular formula is C9H15NO. The molecule has 0 saturated carbocycles. The summed E-state index contributed by atoms with van der Waals surface area (Å²) in [6.07, 6.45) is 4.35. The van der Waals surface area contributed by atoms with Crippen LogP contribution < -0.4 is 0 Å². The summed E-state index contributed by atoms with van der Waals surface area (Å²) in [6, 6.07) is 0. The van der Waals surface area contributed by atoms with E-state index in [0.717, 1.165) is 25.9 Å². The van der Waals surface area contributed by atoms with Crippen molar-refractivity contribution in [3.63, 3.8) is 0 Å². The van der Waals surface area contributed by atoms with Gasteiger partial charge in [0, 0.05) is 20.0 Å². The Morgan fingerprint density at radius 2 is 2.45 bits per heavy atom. The van der Waals surface area contributed by atoms with E-state index in [0.29, 0.717) is 0 Å². The van der Waals surface area contributed by atoms with E-state index in [1.165, 1.54) is 5.57 Å². The van der Waals surface area contributed by atoms with Gasteiger partial charge in [-0.05, 0) is 12.8 Å². The number of rotatable bonds is 1. The summed E-state index contributed by atoms with van der Waals surface area (Å²) in [4.78, 5) is 12.9. The second kappa shape index (κ2) is 3.56. The Morgan fingerprint density at radius 1 is 1.73 bits per heavy atom. The van der Waals surface area contributed by atoms with Crippen molar-refractivity contribution in [3.8, 4) is 0 Å². The number of amides is 1. The summed E-state index contributed by atoms with van der Waals surface area (Å²) in [5.74, 6) is 0.198. The molecule has 1 amide bonds. The molecular weight excluding hydrogens is 138 g/mol. The molecule has 1 aliphatic heterocycles. The Bertz CT molecular complexity index is 184. The lowest BCUT2D eigenvalue weighted by Crippen LogP contribution is -2.33. The van der Waals surface area contributed by atoms with Gasteiger partial charge in [0.2, 0.25) is 5.91 Å². The van der Waals surface area contributed by atoms with Crippen molar-refractivity contribution in [1.82, 2.24) is 4.90 Å². The van der Waals surface area contributed by atoms with Crippen LogP contribution in [0.25, 0.3) is 0 Å². The first kappa shape index (κ1) is 8.31. The van der Waals surface area contributed by atoms with Gasteiger partial charge in [-0.1, -0.05) is 18.6 Å². The Kier molecular flexibility index (Phi) is 2.69. The van der Waals surface area contributed by atoms with Crippen LogP contribution in [0.2, 0.25) is 0 Å². The third kappa shape index (κ3) is 2.07. The van der Waals surface area contributed by atoms with E-state index >= 15 is 0 Å². The first-order valence-electron chi connectivity index (χ1n) is 4.17. The zero-order valence-corrected chi connectivity index (χ0v) is 7.26. The molecule has 1 heterocycles. The molecule has 1 rings (SSSR count). The van der Waals surface area contributed by atoms with Gasteiger partial charge >= 0.3 is 0 Å². The second-order valence-electron chi connectivity index (χ2n) is 2.95. The smallest absolute Gasteiger partial charge is 0.219 e. The molecule has 2 nitrogen and oxygen atoms in total. The molecule has 62 valence electrons. The Hall–Kier alpha value is -0.790. The molecule has 0 aromatic carbocycles. The van der Waals surface area contributed by atoms with Gasteiger partial charge in [0.05, 0.1) is 0 Å². The van der Waals surface area contributed by atoms with E-state index in [2.05, 4.69) is 13.0 Å². The SMILES string of the molecule is CCC1=CCCN(C(C)=O)C1. The van der Waals surface area contributed by atoms with Crippen molar-refractivity contribution >= 4 is 5.91 Å². The zero-order chi connectivity index (χ0) is 8.27. The standard InChI is InChI=1S/C9H15NO/c1-3-9-5-4-6-10(7-9)8(2)11/h5H,3-4,6-7H2,1-2H3. The van der Waals surface area contributed by atoms with Crippen LogP contribution in [0.4, 0.5) is 0 Å². The molecule has 0 aromatic rings. The van der Waals surface area contributed by atoms with Crippen LogP contribution >= 0.6 is 0 Å². The van der Waals surface area contributed by atoms with Crippen LogP contribution in [-0.2, 0) is 4.79 Å². The number of hydrogen-bond acceptors (Lipinski definition) is 1. The quantitative estimate of drug-likeness (QED) is 0.524. The number of carbonyl (C=O) groups excluding carboxylic acids is 1.